The van der Waals surface area contributed by atoms with Gasteiger partial charge in [0.1, 0.15) is 5.58 Å². The van der Waals surface area contributed by atoms with Crippen LogP contribution in [0, 0.1) is 13.8 Å². The van der Waals surface area contributed by atoms with Crippen LogP contribution in [0.5, 0.6) is 0 Å². The fraction of sp³-hybridized carbons (Fsp3) is 0.125. The van der Waals surface area contributed by atoms with E-state index >= 15 is 0 Å². The van der Waals surface area contributed by atoms with Crippen molar-refractivity contribution < 1.29 is 17.6 Å². The fourth-order valence-electron chi connectivity index (χ4n) is 3.63. The van der Waals surface area contributed by atoms with Gasteiger partial charge >= 0.3 is 0 Å². The van der Waals surface area contributed by atoms with Gasteiger partial charge in [0.25, 0.3) is 0 Å². The maximum Gasteiger partial charge on any atom is 0.230 e. The van der Waals surface area contributed by atoms with Crippen LogP contribution in [0.1, 0.15) is 27.2 Å². The average Bonchev–Trinajstić information content (AvgIpc) is 3.02. The Morgan fingerprint density at radius 1 is 0.968 bits per heavy atom. The number of aryl methyl sites for hydroxylation is 2. The largest absolute Gasteiger partial charge is 0.450 e. The lowest BCUT2D eigenvalue weighted by Gasteiger charge is -2.07. The molecule has 0 saturated heterocycles. The average molecular weight is 435 g/mol. The highest BCUT2D eigenvalue weighted by molar-refractivity contribution is 7.92. The predicted octanol–water partition coefficient (Wildman–Crippen LogP) is 4.90. The number of hydrogen-bond donors (Lipinski definition) is 2. The summed E-state index contributed by atoms with van der Waals surface area (Å²) in [5, 5.41) is 0.655. The molecule has 4 rings (SSSR count). The number of benzene rings is 3. The third-order valence-corrected chi connectivity index (χ3v) is 5.67. The normalized spacial score (nSPS) is 11.6. The second kappa shape index (κ2) is 7.59. The van der Waals surface area contributed by atoms with Gasteiger partial charge < -0.3 is 10.2 Å². The quantitative estimate of drug-likeness (QED) is 0.435. The lowest BCUT2D eigenvalue weighted by molar-refractivity contribution is 0.101. The van der Waals surface area contributed by atoms with Crippen LogP contribution in [-0.2, 0) is 10.0 Å². The van der Waals surface area contributed by atoms with Gasteiger partial charge in [-0.2, -0.15) is 0 Å². The van der Waals surface area contributed by atoms with E-state index in [1.165, 1.54) is 0 Å². The van der Waals surface area contributed by atoms with Gasteiger partial charge in [-0.3, -0.25) is 9.52 Å². The lowest BCUT2D eigenvalue weighted by Crippen LogP contribution is -2.09. The van der Waals surface area contributed by atoms with Crippen molar-refractivity contribution in [2.24, 2.45) is 0 Å². The Bertz CT molecular complexity index is 1440. The molecular formula is C24H22N2O4S. The summed E-state index contributed by atoms with van der Waals surface area (Å²) in [6.45, 7) is 3.85. The molecule has 3 N–H and O–H groups in total. The second-order valence-electron chi connectivity index (χ2n) is 7.66. The van der Waals surface area contributed by atoms with Gasteiger partial charge in [0, 0.05) is 16.6 Å². The Hall–Kier alpha value is -3.58. The molecule has 6 nitrogen and oxygen atoms in total. The Kier molecular flexibility index (Phi) is 5.07. The number of hydrogen-bond acceptors (Lipinski definition) is 5. The van der Waals surface area contributed by atoms with Crippen molar-refractivity contribution in [1.82, 2.24) is 0 Å². The molecule has 0 aliphatic carbocycles. The highest BCUT2D eigenvalue weighted by atomic mass is 32.2. The first-order chi connectivity index (χ1) is 14.6. The number of fused-ring (bicyclic) bond motifs is 1. The van der Waals surface area contributed by atoms with Gasteiger partial charge in [0.15, 0.2) is 5.76 Å². The highest BCUT2D eigenvalue weighted by Crippen LogP contribution is 2.34. The van der Waals surface area contributed by atoms with Gasteiger partial charge in [0.05, 0.1) is 11.9 Å². The van der Waals surface area contributed by atoms with E-state index in [-0.39, 0.29) is 11.5 Å². The number of carbonyl (C=O) groups excluding carboxylic acids is 1. The van der Waals surface area contributed by atoms with Crippen molar-refractivity contribution >= 4 is 38.2 Å². The van der Waals surface area contributed by atoms with Crippen molar-refractivity contribution in [1.29, 1.82) is 0 Å². The van der Waals surface area contributed by atoms with E-state index in [0.717, 1.165) is 28.5 Å². The first-order valence-corrected chi connectivity index (χ1v) is 11.5. The van der Waals surface area contributed by atoms with Crippen molar-refractivity contribution in [3.63, 3.8) is 0 Å². The smallest absolute Gasteiger partial charge is 0.230 e. The van der Waals surface area contributed by atoms with Gasteiger partial charge in [0.2, 0.25) is 15.8 Å². The van der Waals surface area contributed by atoms with Crippen molar-refractivity contribution in [2.75, 3.05) is 16.7 Å². The number of nitrogens with two attached hydrogens (primary N) is 1. The summed E-state index contributed by atoms with van der Waals surface area (Å²) in [5.74, 6) is -0.140. The summed E-state index contributed by atoms with van der Waals surface area (Å²) in [7, 11) is -3.38. The summed E-state index contributed by atoms with van der Waals surface area (Å²) in [5.41, 5.74) is 11.6. The second-order valence-corrected chi connectivity index (χ2v) is 9.41. The molecule has 0 unspecified atom stereocenters. The molecule has 0 spiro atoms. The maximum absolute atomic E-state index is 13.1. The summed E-state index contributed by atoms with van der Waals surface area (Å²) < 4.78 is 31.4. The minimum absolute atomic E-state index is 0.117. The summed E-state index contributed by atoms with van der Waals surface area (Å²) in [6, 6.07) is 18.1. The van der Waals surface area contributed by atoms with Crippen LogP contribution < -0.4 is 10.5 Å². The van der Waals surface area contributed by atoms with Crippen LogP contribution in [0.3, 0.4) is 0 Å². The van der Waals surface area contributed by atoms with Gasteiger partial charge in [-0.05, 0) is 54.8 Å². The highest BCUT2D eigenvalue weighted by Gasteiger charge is 2.22. The number of furan rings is 1. The number of rotatable bonds is 5. The number of anilines is 2. The molecule has 0 fully saturated rings. The molecular weight excluding hydrogens is 412 g/mol. The Labute approximate surface area is 180 Å². The zero-order valence-electron chi connectivity index (χ0n) is 17.4. The van der Waals surface area contributed by atoms with Crippen molar-refractivity contribution in [3.8, 4) is 11.1 Å². The number of nitrogens with one attached hydrogen (secondary N) is 1. The molecule has 0 atom stereocenters. The van der Waals surface area contributed by atoms with Crippen LogP contribution in [0.2, 0.25) is 0 Å². The Morgan fingerprint density at radius 3 is 2.42 bits per heavy atom. The molecule has 0 aliphatic rings. The molecule has 0 bridgehead atoms. The molecule has 0 saturated carbocycles. The number of nitrogen functional groups attached to an aromatic ring is 1. The third-order valence-electron chi connectivity index (χ3n) is 5.06. The van der Waals surface area contributed by atoms with Crippen LogP contribution in [-0.4, -0.2) is 20.5 Å². The minimum atomic E-state index is -3.38. The maximum atomic E-state index is 13.1. The molecule has 4 aromatic rings. The van der Waals surface area contributed by atoms with Crippen LogP contribution in [0.4, 0.5) is 11.4 Å². The predicted molar refractivity (Wildman–Crippen MR) is 124 cm³/mol. The van der Waals surface area contributed by atoms with Crippen LogP contribution in [0.15, 0.2) is 65.1 Å². The third kappa shape index (κ3) is 4.18. The Balaban J connectivity index is 1.75. The fourth-order valence-corrected chi connectivity index (χ4v) is 4.19. The SMILES string of the molecule is Cc1ccc(C(=O)c2oc3cc(-c4cccc(NS(C)(=O)=O)c4)ccc3c2N)c(C)c1. The minimum Gasteiger partial charge on any atom is -0.450 e. The lowest BCUT2D eigenvalue weighted by atomic mass is 10.00. The molecule has 0 amide bonds. The Morgan fingerprint density at radius 2 is 1.71 bits per heavy atom. The molecule has 7 heteroatoms. The van der Waals surface area contributed by atoms with E-state index in [1.54, 1.807) is 36.4 Å². The number of carbonyl (C=O) groups is 1. The van der Waals surface area contributed by atoms with E-state index in [1.807, 2.05) is 38.1 Å². The van der Waals surface area contributed by atoms with E-state index < -0.39 is 10.0 Å². The molecule has 3 aromatic carbocycles. The molecule has 1 aromatic heterocycles. The number of ketones is 1. The summed E-state index contributed by atoms with van der Waals surface area (Å²) >= 11 is 0. The van der Waals surface area contributed by atoms with E-state index in [9.17, 15) is 13.2 Å². The van der Waals surface area contributed by atoms with Crippen molar-refractivity contribution in [3.05, 3.63) is 83.1 Å². The standard InChI is InChI=1S/C24H22N2O4S/c1-14-7-9-19(15(2)11-14)23(27)24-22(25)20-10-8-17(13-21(20)30-24)16-5-4-6-18(12-16)26-31(3,28)29/h4-13,26H,25H2,1-3H3. The van der Waals surface area contributed by atoms with E-state index in [4.69, 9.17) is 10.2 Å². The van der Waals surface area contributed by atoms with Crippen molar-refractivity contribution in [2.45, 2.75) is 13.8 Å². The first kappa shape index (κ1) is 20.7. The number of sulfonamides is 1. The van der Waals surface area contributed by atoms with Crippen LogP contribution in [0.25, 0.3) is 22.1 Å². The molecule has 158 valence electrons. The van der Waals surface area contributed by atoms with E-state index in [0.29, 0.717) is 27.9 Å². The first-order valence-electron chi connectivity index (χ1n) is 9.64. The molecule has 1 heterocycles. The molecule has 0 aliphatic heterocycles. The summed E-state index contributed by atoms with van der Waals surface area (Å²) in [6.07, 6.45) is 1.10. The van der Waals surface area contributed by atoms with Gasteiger partial charge in [-0.15, -0.1) is 0 Å². The van der Waals surface area contributed by atoms with Crippen LogP contribution >= 0.6 is 0 Å². The van der Waals surface area contributed by atoms with Gasteiger partial charge in [-0.25, -0.2) is 8.42 Å². The summed E-state index contributed by atoms with van der Waals surface area (Å²) in [4.78, 5) is 13.1. The van der Waals surface area contributed by atoms with E-state index in [2.05, 4.69) is 4.72 Å². The van der Waals surface area contributed by atoms with Gasteiger partial charge in [-0.1, -0.05) is 42.0 Å². The zero-order chi connectivity index (χ0) is 22.3. The monoisotopic (exact) mass is 434 g/mol. The topological polar surface area (TPSA) is 102 Å². The zero-order valence-corrected chi connectivity index (χ0v) is 18.2. The molecule has 31 heavy (non-hydrogen) atoms. The molecule has 0 radical (unpaired) electrons.